The fourth-order valence-corrected chi connectivity index (χ4v) is 3.17. The third-order valence-corrected chi connectivity index (χ3v) is 4.68. The fraction of sp³-hybridized carbons (Fsp3) is 0.412. The Hall–Kier alpha value is -0.830. The van der Waals surface area contributed by atoms with E-state index in [0.717, 1.165) is 36.4 Å². The van der Waals surface area contributed by atoms with Crippen LogP contribution in [0.3, 0.4) is 0 Å². The highest BCUT2D eigenvalue weighted by Gasteiger charge is 2.12. The van der Waals surface area contributed by atoms with E-state index in [1.165, 1.54) is 11.1 Å². The summed E-state index contributed by atoms with van der Waals surface area (Å²) in [6, 6.07) is 9.01. The minimum Gasteiger partial charge on any atom is -0.310 e. The molecule has 3 heteroatoms. The normalized spacial score (nSPS) is 12.6. The van der Waals surface area contributed by atoms with Gasteiger partial charge in [-0.25, -0.2) is 0 Å². The SMILES string of the molecule is CCCNC(CCc1ccsc1)c1ccc(C)c(Cl)c1. The average molecular weight is 308 g/mol. The molecular weight excluding hydrogens is 286 g/mol. The lowest BCUT2D eigenvalue weighted by Crippen LogP contribution is -2.22. The predicted molar refractivity (Wildman–Crippen MR) is 89.9 cm³/mol. The van der Waals surface area contributed by atoms with Gasteiger partial charge in [-0.15, -0.1) is 0 Å². The van der Waals surface area contributed by atoms with Crippen molar-refractivity contribution in [1.82, 2.24) is 5.32 Å². The summed E-state index contributed by atoms with van der Waals surface area (Å²) < 4.78 is 0. The van der Waals surface area contributed by atoms with Crippen molar-refractivity contribution < 1.29 is 0 Å². The number of rotatable bonds is 7. The standard InChI is InChI=1S/C17H22ClNS/c1-3-9-19-17(7-5-14-8-10-20-12-14)15-6-4-13(2)16(18)11-15/h4,6,8,10-12,17,19H,3,5,7,9H2,1-2H3. The molecule has 0 amide bonds. The summed E-state index contributed by atoms with van der Waals surface area (Å²) in [7, 11) is 0. The molecule has 1 N–H and O–H groups in total. The Labute approximate surface area is 131 Å². The van der Waals surface area contributed by atoms with E-state index in [4.69, 9.17) is 11.6 Å². The van der Waals surface area contributed by atoms with Gasteiger partial charge in [0.05, 0.1) is 0 Å². The summed E-state index contributed by atoms with van der Waals surface area (Å²) in [5.74, 6) is 0. The molecule has 0 aliphatic heterocycles. The Morgan fingerprint density at radius 2 is 2.15 bits per heavy atom. The second-order valence-electron chi connectivity index (χ2n) is 5.19. The number of hydrogen-bond acceptors (Lipinski definition) is 2. The van der Waals surface area contributed by atoms with Crippen molar-refractivity contribution in [2.45, 2.75) is 39.2 Å². The number of aryl methyl sites for hydroxylation is 2. The number of hydrogen-bond donors (Lipinski definition) is 1. The summed E-state index contributed by atoms with van der Waals surface area (Å²) >= 11 is 8.03. The number of nitrogens with one attached hydrogen (secondary N) is 1. The highest BCUT2D eigenvalue weighted by Crippen LogP contribution is 2.25. The van der Waals surface area contributed by atoms with Crippen LogP contribution in [0.5, 0.6) is 0 Å². The molecule has 0 radical (unpaired) electrons. The molecule has 2 rings (SSSR count). The van der Waals surface area contributed by atoms with Crippen molar-refractivity contribution >= 4 is 22.9 Å². The Balaban J connectivity index is 2.07. The third-order valence-electron chi connectivity index (χ3n) is 3.54. The molecule has 2 aromatic rings. The van der Waals surface area contributed by atoms with Gasteiger partial charge in [0, 0.05) is 11.1 Å². The van der Waals surface area contributed by atoms with Gasteiger partial charge in [-0.05, 0) is 72.3 Å². The van der Waals surface area contributed by atoms with E-state index in [1.54, 1.807) is 11.3 Å². The molecule has 0 aliphatic carbocycles. The zero-order valence-corrected chi connectivity index (χ0v) is 13.7. The van der Waals surface area contributed by atoms with E-state index < -0.39 is 0 Å². The van der Waals surface area contributed by atoms with Gasteiger partial charge < -0.3 is 5.32 Å². The molecule has 20 heavy (non-hydrogen) atoms. The number of thiophene rings is 1. The van der Waals surface area contributed by atoms with E-state index in [-0.39, 0.29) is 0 Å². The first-order chi connectivity index (χ1) is 9.70. The van der Waals surface area contributed by atoms with E-state index in [0.29, 0.717) is 6.04 Å². The summed E-state index contributed by atoms with van der Waals surface area (Å²) in [5.41, 5.74) is 3.86. The van der Waals surface area contributed by atoms with Gasteiger partial charge in [-0.2, -0.15) is 11.3 Å². The summed E-state index contributed by atoms with van der Waals surface area (Å²) in [4.78, 5) is 0. The average Bonchev–Trinajstić information content (AvgIpc) is 2.95. The lowest BCUT2D eigenvalue weighted by Gasteiger charge is -2.19. The molecule has 0 saturated carbocycles. The Morgan fingerprint density at radius 1 is 1.30 bits per heavy atom. The lowest BCUT2D eigenvalue weighted by atomic mass is 9.99. The molecule has 1 aromatic carbocycles. The van der Waals surface area contributed by atoms with Crippen LogP contribution in [0.1, 0.15) is 42.5 Å². The van der Waals surface area contributed by atoms with Gasteiger partial charge in [0.2, 0.25) is 0 Å². The molecule has 0 fully saturated rings. The first-order valence-electron chi connectivity index (χ1n) is 7.21. The summed E-state index contributed by atoms with van der Waals surface area (Å²) in [6.07, 6.45) is 3.36. The quantitative estimate of drug-likeness (QED) is 0.723. The topological polar surface area (TPSA) is 12.0 Å². The van der Waals surface area contributed by atoms with Crippen LogP contribution in [0.15, 0.2) is 35.0 Å². The van der Waals surface area contributed by atoms with Crippen LogP contribution in [-0.2, 0) is 6.42 Å². The van der Waals surface area contributed by atoms with Gasteiger partial charge >= 0.3 is 0 Å². The maximum atomic E-state index is 6.27. The second-order valence-corrected chi connectivity index (χ2v) is 6.37. The second kappa shape index (κ2) is 7.82. The largest absolute Gasteiger partial charge is 0.310 e. The van der Waals surface area contributed by atoms with Crippen LogP contribution in [0, 0.1) is 6.92 Å². The third kappa shape index (κ3) is 4.34. The summed E-state index contributed by atoms with van der Waals surface area (Å²) in [5, 5.41) is 8.88. The fourth-order valence-electron chi connectivity index (χ4n) is 2.28. The first-order valence-corrected chi connectivity index (χ1v) is 8.53. The van der Waals surface area contributed by atoms with Crippen LogP contribution in [0.4, 0.5) is 0 Å². The highest BCUT2D eigenvalue weighted by atomic mass is 35.5. The molecule has 0 spiro atoms. The Morgan fingerprint density at radius 3 is 2.80 bits per heavy atom. The molecule has 1 aromatic heterocycles. The Bertz CT molecular complexity index is 522. The number of halogens is 1. The smallest absolute Gasteiger partial charge is 0.0438 e. The van der Waals surface area contributed by atoms with Crippen LogP contribution in [0.2, 0.25) is 5.02 Å². The molecule has 1 unspecified atom stereocenters. The monoisotopic (exact) mass is 307 g/mol. The zero-order chi connectivity index (χ0) is 14.4. The van der Waals surface area contributed by atoms with Crippen molar-refractivity contribution in [1.29, 1.82) is 0 Å². The van der Waals surface area contributed by atoms with Gasteiger partial charge in [0.25, 0.3) is 0 Å². The maximum absolute atomic E-state index is 6.27. The Kier molecular flexibility index (Phi) is 6.08. The van der Waals surface area contributed by atoms with Crippen LogP contribution in [-0.4, -0.2) is 6.54 Å². The van der Waals surface area contributed by atoms with Crippen molar-refractivity contribution in [2.24, 2.45) is 0 Å². The molecular formula is C17H22ClNS. The van der Waals surface area contributed by atoms with E-state index >= 15 is 0 Å². The van der Waals surface area contributed by atoms with Gasteiger partial charge in [-0.1, -0.05) is 30.7 Å². The first kappa shape index (κ1) is 15.6. The van der Waals surface area contributed by atoms with Crippen molar-refractivity contribution in [3.05, 3.63) is 56.7 Å². The molecule has 1 atom stereocenters. The van der Waals surface area contributed by atoms with E-state index in [1.807, 2.05) is 6.92 Å². The molecule has 1 heterocycles. The van der Waals surface area contributed by atoms with Gasteiger partial charge in [-0.3, -0.25) is 0 Å². The van der Waals surface area contributed by atoms with Gasteiger partial charge in [0.15, 0.2) is 0 Å². The van der Waals surface area contributed by atoms with Crippen molar-refractivity contribution in [3.63, 3.8) is 0 Å². The van der Waals surface area contributed by atoms with Crippen LogP contribution in [0.25, 0.3) is 0 Å². The zero-order valence-electron chi connectivity index (χ0n) is 12.2. The molecule has 0 saturated heterocycles. The number of benzene rings is 1. The van der Waals surface area contributed by atoms with Gasteiger partial charge in [0.1, 0.15) is 0 Å². The molecule has 1 nitrogen and oxygen atoms in total. The van der Waals surface area contributed by atoms with E-state index in [9.17, 15) is 0 Å². The molecule has 0 bridgehead atoms. The van der Waals surface area contributed by atoms with Crippen LogP contribution >= 0.6 is 22.9 Å². The lowest BCUT2D eigenvalue weighted by molar-refractivity contribution is 0.499. The van der Waals surface area contributed by atoms with Crippen molar-refractivity contribution in [2.75, 3.05) is 6.54 Å². The minimum absolute atomic E-state index is 0.382. The predicted octanol–water partition coefficient (Wildman–Crippen LogP) is 5.38. The van der Waals surface area contributed by atoms with Crippen molar-refractivity contribution in [3.8, 4) is 0 Å². The molecule has 108 valence electrons. The van der Waals surface area contributed by atoms with Crippen LogP contribution < -0.4 is 5.32 Å². The van der Waals surface area contributed by atoms with E-state index in [2.05, 4.69) is 47.3 Å². The molecule has 0 aliphatic rings. The summed E-state index contributed by atoms with van der Waals surface area (Å²) in [6.45, 7) is 5.29. The highest BCUT2D eigenvalue weighted by molar-refractivity contribution is 7.07. The minimum atomic E-state index is 0.382. The maximum Gasteiger partial charge on any atom is 0.0438 e.